The van der Waals surface area contributed by atoms with Crippen LogP contribution in [0.25, 0.3) is 0 Å². The summed E-state index contributed by atoms with van der Waals surface area (Å²) in [6, 6.07) is 10.5. The van der Waals surface area contributed by atoms with E-state index in [-0.39, 0.29) is 11.9 Å². The van der Waals surface area contributed by atoms with Crippen LogP contribution in [-0.2, 0) is 24.3 Å². The van der Waals surface area contributed by atoms with Gasteiger partial charge in [-0.15, -0.1) is 23.1 Å². The number of carbonyl (C=O) groups excluding carboxylic acids is 1. The molecule has 1 atom stereocenters. The van der Waals surface area contributed by atoms with E-state index >= 15 is 0 Å². The topological polar surface area (TPSA) is 57.3 Å². The molecular formula is C17H20N4OS2. The van der Waals surface area contributed by atoms with Gasteiger partial charge in [-0.2, -0.15) is 0 Å². The molecule has 126 valence electrons. The van der Waals surface area contributed by atoms with Gasteiger partial charge in [-0.05, 0) is 5.56 Å². The largest absolute Gasteiger partial charge is 0.301 e. The van der Waals surface area contributed by atoms with Crippen LogP contribution in [0.15, 0.2) is 30.3 Å². The average molecular weight is 361 g/mol. The van der Waals surface area contributed by atoms with Crippen LogP contribution in [-0.4, -0.2) is 40.0 Å². The van der Waals surface area contributed by atoms with Gasteiger partial charge in [-0.1, -0.05) is 30.3 Å². The number of amides is 1. The summed E-state index contributed by atoms with van der Waals surface area (Å²) in [7, 11) is 0. The number of rotatable bonds is 4. The van der Waals surface area contributed by atoms with Crippen LogP contribution >= 0.6 is 23.1 Å². The first-order chi connectivity index (χ1) is 11.8. The van der Waals surface area contributed by atoms with Crippen LogP contribution in [0, 0.1) is 0 Å². The first-order valence-corrected chi connectivity index (χ1v) is 10.1. The Kier molecular flexibility index (Phi) is 4.84. The molecule has 1 aromatic carbocycles. The van der Waals surface area contributed by atoms with Gasteiger partial charge in [-0.3, -0.25) is 15.0 Å². The molecule has 2 aliphatic heterocycles. The molecule has 0 spiro atoms. The van der Waals surface area contributed by atoms with Gasteiger partial charge in [0.1, 0.15) is 0 Å². The molecule has 2 N–H and O–H groups in total. The molecule has 2 aliphatic rings. The third-order valence-electron chi connectivity index (χ3n) is 4.32. The van der Waals surface area contributed by atoms with Gasteiger partial charge < -0.3 is 5.32 Å². The van der Waals surface area contributed by atoms with Crippen molar-refractivity contribution in [3.8, 4) is 0 Å². The lowest BCUT2D eigenvalue weighted by atomic mass is 10.1. The van der Waals surface area contributed by atoms with E-state index in [9.17, 15) is 4.79 Å². The Morgan fingerprint density at radius 2 is 2.25 bits per heavy atom. The highest BCUT2D eigenvalue weighted by atomic mass is 32.2. The number of thiazole rings is 1. The predicted octanol–water partition coefficient (Wildman–Crippen LogP) is 2.30. The summed E-state index contributed by atoms with van der Waals surface area (Å²) >= 11 is 3.37. The monoisotopic (exact) mass is 360 g/mol. The molecule has 1 amide bonds. The molecule has 7 heteroatoms. The van der Waals surface area contributed by atoms with E-state index in [0.717, 1.165) is 48.5 Å². The Hall–Kier alpha value is -1.41. The van der Waals surface area contributed by atoms with Crippen molar-refractivity contribution in [1.29, 1.82) is 0 Å². The van der Waals surface area contributed by atoms with E-state index in [1.165, 1.54) is 10.4 Å². The second-order valence-corrected chi connectivity index (χ2v) is 8.21. The van der Waals surface area contributed by atoms with E-state index < -0.39 is 0 Å². The Labute approximate surface area is 149 Å². The maximum absolute atomic E-state index is 12.2. The highest BCUT2D eigenvalue weighted by Crippen LogP contribution is 2.29. The molecule has 1 fully saturated rings. The molecule has 0 aliphatic carbocycles. The molecular weight excluding hydrogens is 340 g/mol. The van der Waals surface area contributed by atoms with Crippen molar-refractivity contribution >= 4 is 34.1 Å². The number of anilines is 1. The smallest absolute Gasteiger partial charge is 0.244 e. The van der Waals surface area contributed by atoms with Crippen LogP contribution in [0.1, 0.15) is 16.1 Å². The summed E-state index contributed by atoms with van der Waals surface area (Å²) in [5.74, 6) is 1.72. The third kappa shape index (κ3) is 3.64. The summed E-state index contributed by atoms with van der Waals surface area (Å²) in [5, 5.41) is 6.91. The van der Waals surface area contributed by atoms with E-state index in [2.05, 4.69) is 44.8 Å². The minimum Gasteiger partial charge on any atom is -0.301 e. The zero-order valence-corrected chi connectivity index (χ0v) is 15.0. The molecule has 3 heterocycles. The Balaban J connectivity index is 1.39. The van der Waals surface area contributed by atoms with E-state index in [4.69, 9.17) is 0 Å². The number of thioether (sulfide) groups is 1. The Bertz CT molecular complexity index is 713. The van der Waals surface area contributed by atoms with Crippen molar-refractivity contribution in [3.63, 3.8) is 0 Å². The van der Waals surface area contributed by atoms with Gasteiger partial charge >= 0.3 is 0 Å². The summed E-state index contributed by atoms with van der Waals surface area (Å²) in [5.41, 5.74) is 2.48. The van der Waals surface area contributed by atoms with Crippen molar-refractivity contribution in [3.05, 3.63) is 46.5 Å². The lowest BCUT2D eigenvalue weighted by molar-refractivity contribution is -0.117. The second-order valence-electron chi connectivity index (χ2n) is 6.10. The molecule has 1 saturated heterocycles. The molecule has 2 aromatic rings. The molecule has 4 rings (SSSR count). The number of aromatic nitrogens is 1. The van der Waals surface area contributed by atoms with Crippen LogP contribution < -0.4 is 10.6 Å². The van der Waals surface area contributed by atoms with Crippen molar-refractivity contribution in [2.45, 2.75) is 25.6 Å². The SMILES string of the molecule is O=C(Nc1nc2c(s1)CN(Cc1ccccc1)CC2)C1CSCN1. The maximum Gasteiger partial charge on any atom is 0.244 e. The fraction of sp³-hybridized carbons (Fsp3) is 0.412. The van der Waals surface area contributed by atoms with Crippen molar-refractivity contribution < 1.29 is 4.79 Å². The summed E-state index contributed by atoms with van der Waals surface area (Å²) in [4.78, 5) is 20.6. The van der Waals surface area contributed by atoms with Gasteiger partial charge in [0.25, 0.3) is 0 Å². The lowest BCUT2D eigenvalue weighted by Crippen LogP contribution is -2.37. The first kappa shape index (κ1) is 16.1. The van der Waals surface area contributed by atoms with Crippen LogP contribution in [0.4, 0.5) is 5.13 Å². The van der Waals surface area contributed by atoms with Gasteiger partial charge in [0.15, 0.2) is 5.13 Å². The van der Waals surface area contributed by atoms with Crippen molar-refractivity contribution in [2.75, 3.05) is 23.5 Å². The lowest BCUT2D eigenvalue weighted by Gasteiger charge is -2.25. The standard InChI is InChI=1S/C17H20N4OS2/c22-16(14-10-23-11-18-14)20-17-19-13-6-7-21(9-15(13)24-17)8-12-4-2-1-3-5-12/h1-5,14,18H,6-11H2,(H,19,20,22). The Morgan fingerprint density at radius 3 is 3.04 bits per heavy atom. The quantitative estimate of drug-likeness (QED) is 0.876. The predicted molar refractivity (Wildman–Crippen MR) is 99.3 cm³/mol. The number of hydrogen-bond acceptors (Lipinski definition) is 6. The zero-order chi connectivity index (χ0) is 16.4. The molecule has 0 saturated carbocycles. The number of carbonyl (C=O) groups is 1. The average Bonchev–Trinajstić information content (AvgIpc) is 3.24. The normalized spacial score (nSPS) is 20.8. The minimum atomic E-state index is -0.0921. The highest BCUT2D eigenvalue weighted by Gasteiger charge is 2.25. The first-order valence-electron chi connectivity index (χ1n) is 8.15. The number of fused-ring (bicyclic) bond motifs is 1. The number of benzene rings is 1. The second kappa shape index (κ2) is 7.23. The van der Waals surface area contributed by atoms with Crippen LogP contribution in [0.2, 0.25) is 0 Å². The van der Waals surface area contributed by atoms with E-state index in [1.807, 2.05) is 6.07 Å². The minimum absolute atomic E-state index is 0.0345. The molecule has 0 radical (unpaired) electrons. The zero-order valence-electron chi connectivity index (χ0n) is 13.3. The van der Waals surface area contributed by atoms with Gasteiger partial charge in [-0.25, -0.2) is 4.98 Å². The van der Waals surface area contributed by atoms with Crippen LogP contribution in [0.5, 0.6) is 0 Å². The van der Waals surface area contributed by atoms with Crippen LogP contribution in [0.3, 0.4) is 0 Å². The third-order valence-corrected chi connectivity index (χ3v) is 6.26. The van der Waals surface area contributed by atoms with Crippen molar-refractivity contribution in [2.24, 2.45) is 0 Å². The molecule has 1 unspecified atom stereocenters. The summed E-state index contributed by atoms with van der Waals surface area (Å²) in [6.07, 6.45) is 0.950. The number of hydrogen-bond donors (Lipinski definition) is 2. The number of nitrogens with one attached hydrogen (secondary N) is 2. The van der Waals surface area contributed by atoms with Crippen molar-refractivity contribution in [1.82, 2.24) is 15.2 Å². The summed E-state index contributed by atoms with van der Waals surface area (Å²) in [6.45, 7) is 2.89. The molecule has 0 bridgehead atoms. The number of nitrogens with zero attached hydrogens (tertiary/aromatic N) is 2. The fourth-order valence-corrected chi connectivity index (χ4v) is 5.03. The highest BCUT2D eigenvalue weighted by molar-refractivity contribution is 7.99. The van der Waals surface area contributed by atoms with Gasteiger partial charge in [0.2, 0.25) is 5.91 Å². The molecule has 1 aromatic heterocycles. The molecule has 24 heavy (non-hydrogen) atoms. The molecule has 5 nitrogen and oxygen atoms in total. The van der Waals surface area contributed by atoms with E-state index in [1.54, 1.807) is 23.1 Å². The summed E-state index contributed by atoms with van der Waals surface area (Å²) < 4.78 is 0. The Morgan fingerprint density at radius 1 is 1.38 bits per heavy atom. The van der Waals surface area contributed by atoms with Gasteiger partial charge in [0, 0.05) is 42.6 Å². The van der Waals surface area contributed by atoms with E-state index in [0.29, 0.717) is 0 Å². The fourth-order valence-electron chi connectivity index (χ4n) is 3.03. The van der Waals surface area contributed by atoms with Gasteiger partial charge in [0.05, 0.1) is 11.7 Å². The maximum atomic E-state index is 12.2.